The summed E-state index contributed by atoms with van der Waals surface area (Å²) in [7, 11) is 3.72. The molecule has 1 aromatic carbocycles. The lowest BCUT2D eigenvalue weighted by Crippen LogP contribution is -2.22. The van der Waals surface area contributed by atoms with Gasteiger partial charge in [0.2, 0.25) is 0 Å². The van der Waals surface area contributed by atoms with E-state index < -0.39 is 0 Å². The molecule has 2 N–H and O–H groups in total. The Hall–Kier alpha value is -1.48. The summed E-state index contributed by atoms with van der Waals surface area (Å²) in [4.78, 5) is 0. The molecule has 0 aliphatic carbocycles. The zero-order chi connectivity index (χ0) is 16.6. The lowest BCUT2D eigenvalue weighted by molar-refractivity contribution is 0.409. The van der Waals surface area contributed by atoms with E-state index in [0.717, 1.165) is 38.1 Å². The molecule has 0 radical (unpaired) electrons. The smallest absolute Gasteiger partial charge is 0.119 e. The quantitative estimate of drug-likeness (QED) is 0.498. The van der Waals surface area contributed by atoms with Crippen LogP contribution in [0.1, 0.15) is 45.6 Å². The zero-order valence-corrected chi connectivity index (χ0v) is 14.9. The number of nitrogens with one attached hydrogen (secondary N) is 2. The van der Waals surface area contributed by atoms with Crippen molar-refractivity contribution in [3.8, 4) is 5.75 Å². The molecule has 0 saturated heterocycles. The van der Waals surface area contributed by atoms with Crippen LogP contribution in [0.2, 0.25) is 0 Å². The maximum atomic E-state index is 5.42. The molecule has 0 aliphatic rings. The third kappa shape index (κ3) is 5.38. The van der Waals surface area contributed by atoms with Gasteiger partial charge in [-0.15, -0.1) is 0 Å². The van der Waals surface area contributed by atoms with Crippen LogP contribution in [0.25, 0.3) is 0 Å². The fourth-order valence-corrected chi connectivity index (χ4v) is 2.55. The Balaban J connectivity index is 2.98. The van der Waals surface area contributed by atoms with Gasteiger partial charge in [0, 0.05) is 12.2 Å². The SMILES string of the molecule is C=C(CC)CNc1ccc(OC)cc1C(C)(C)CCCNC. The van der Waals surface area contributed by atoms with Crippen molar-refractivity contribution >= 4 is 5.69 Å². The molecule has 0 atom stereocenters. The van der Waals surface area contributed by atoms with Crippen LogP contribution in [0.15, 0.2) is 30.4 Å². The van der Waals surface area contributed by atoms with Crippen molar-refractivity contribution in [2.45, 2.75) is 45.4 Å². The number of benzene rings is 1. The van der Waals surface area contributed by atoms with Crippen molar-refractivity contribution in [2.24, 2.45) is 0 Å². The molecule has 0 fully saturated rings. The van der Waals surface area contributed by atoms with E-state index in [1.807, 2.05) is 13.1 Å². The Labute approximate surface area is 136 Å². The van der Waals surface area contributed by atoms with E-state index in [4.69, 9.17) is 4.74 Å². The van der Waals surface area contributed by atoms with Crippen molar-refractivity contribution in [3.63, 3.8) is 0 Å². The number of rotatable bonds is 10. The van der Waals surface area contributed by atoms with Gasteiger partial charge in [0.05, 0.1) is 7.11 Å². The van der Waals surface area contributed by atoms with Crippen LogP contribution >= 0.6 is 0 Å². The van der Waals surface area contributed by atoms with Crippen molar-refractivity contribution in [1.82, 2.24) is 5.32 Å². The molecule has 0 aromatic heterocycles. The predicted octanol–water partition coefficient (Wildman–Crippen LogP) is 4.35. The second-order valence-corrected chi connectivity index (χ2v) is 6.46. The Morgan fingerprint density at radius 2 is 2.05 bits per heavy atom. The van der Waals surface area contributed by atoms with Gasteiger partial charge >= 0.3 is 0 Å². The molecule has 0 aliphatic heterocycles. The molecule has 124 valence electrons. The van der Waals surface area contributed by atoms with Crippen LogP contribution in [-0.4, -0.2) is 27.2 Å². The van der Waals surface area contributed by atoms with Crippen LogP contribution < -0.4 is 15.4 Å². The van der Waals surface area contributed by atoms with E-state index in [-0.39, 0.29) is 5.41 Å². The largest absolute Gasteiger partial charge is 0.497 e. The van der Waals surface area contributed by atoms with Gasteiger partial charge in [-0.05, 0) is 62.0 Å². The summed E-state index contributed by atoms with van der Waals surface area (Å²) in [5.41, 5.74) is 3.81. The number of hydrogen-bond donors (Lipinski definition) is 2. The first-order chi connectivity index (χ1) is 10.4. The Morgan fingerprint density at radius 1 is 1.32 bits per heavy atom. The van der Waals surface area contributed by atoms with Crippen LogP contribution in [0, 0.1) is 0 Å². The lowest BCUT2D eigenvalue weighted by Gasteiger charge is -2.29. The van der Waals surface area contributed by atoms with E-state index in [1.54, 1.807) is 7.11 Å². The summed E-state index contributed by atoms with van der Waals surface area (Å²) in [6.07, 6.45) is 3.29. The van der Waals surface area contributed by atoms with Crippen LogP contribution in [-0.2, 0) is 5.41 Å². The highest BCUT2D eigenvalue weighted by molar-refractivity contribution is 5.57. The van der Waals surface area contributed by atoms with E-state index in [9.17, 15) is 0 Å². The molecular formula is C19H32N2O. The van der Waals surface area contributed by atoms with E-state index in [0.29, 0.717) is 0 Å². The summed E-state index contributed by atoms with van der Waals surface area (Å²) in [6, 6.07) is 6.30. The second-order valence-electron chi connectivity index (χ2n) is 6.46. The molecule has 1 rings (SSSR count). The minimum atomic E-state index is 0.0985. The van der Waals surface area contributed by atoms with Gasteiger partial charge < -0.3 is 15.4 Å². The van der Waals surface area contributed by atoms with Crippen molar-refractivity contribution < 1.29 is 4.74 Å². The maximum Gasteiger partial charge on any atom is 0.119 e. The Kier molecular flexibility index (Phi) is 7.46. The third-order valence-electron chi connectivity index (χ3n) is 4.21. The van der Waals surface area contributed by atoms with E-state index >= 15 is 0 Å². The summed E-state index contributed by atoms with van der Waals surface area (Å²) >= 11 is 0. The topological polar surface area (TPSA) is 33.3 Å². The van der Waals surface area contributed by atoms with Gasteiger partial charge in [-0.3, -0.25) is 0 Å². The Bertz CT molecular complexity index is 480. The standard InChI is InChI=1S/C19H32N2O/c1-7-15(2)14-21-18-10-9-16(22-6)13-17(18)19(3,4)11-8-12-20-5/h9-10,13,20-21H,2,7-8,11-12,14H2,1,3-6H3. The van der Waals surface area contributed by atoms with E-state index in [1.165, 1.54) is 16.8 Å². The first-order valence-electron chi connectivity index (χ1n) is 8.18. The zero-order valence-electron chi connectivity index (χ0n) is 14.9. The molecule has 1 aromatic rings. The summed E-state index contributed by atoms with van der Waals surface area (Å²) in [5, 5.41) is 6.77. The first kappa shape index (κ1) is 18.6. The van der Waals surface area contributed by atoms with Gasteiger partial charge in [-0.2, -0.15) is 0 Å². The molecule has 0 saturated carbocycles. The van der Waals surface area contributed by atoms with Gasteiger partial charge in [0.25, 0.3) is 0 Å². The molecule has 3 heteroatoms. The van der Waals surface area contributed by atoms with Gasteiger partial charge in [0.1, 0.15) is 5.75 Å². The van der Waals surface area contributed by atoms with E-state index in [2.05, 4.69) is 50.1 Å². The predicted molar refractivity (Wildman–Crippen MR) is 97.1 cm³/mol. The van der Waals surface area contributed by atoms with Crippen LogP contribution in [0.5, 0.6) is 5.75 Å². The maximum absolute atomic E-state index is 5.42. The molecule has 22 heavy (non-hydrogen) atoms. The number of anilines is 1. The monoisotopic (exact) mass is 304 g/mol. The second kappa shape index (κ2) is 8.84. The lowest BCUT2D eigenvalue weighted by atomic mass is 9.79. The first-order valence-corrected chi connectivity index (χ1v) is 8.18. The summed E-state index contributed by atoms with van der Waals surface area (Å²) in [6.45, 7) is 12.7. The summed E-state index contributed by atoms with van der Waals surface area (Å²) < 4.78 is 5.42. The fraction of sp³-hybridized carbons (Fsp3) is 0.579. The molecule has 0 bridgehead atoms. The molecule has 0 spiro atoms. The highest BCUT2D eigenvalue weighted by atomic mass is 16.5. The normalized spacial score (nSPS) is 11.3. The van der Waals surface area contributed by atoms with Gasteiger partial charge in [-0.1, -0.05) is 32.9 Å². The van der Waals surface area contributed by atoms with Crippen molar-refractivity contribution in [2.75, 3.05) is 32.6 Å². The van der Waals surface area contributed by atoms with Gasteiger partial charge in [-0.25, -0.2) is 0 Å². The number of ether oxygens (including phenoxy) is 1. The summed E-state index contributed by atoms with van der Waals surface area (Å²) in [5.74, 6) is 0.913. The molecule has 0 unspecified atom stereocenters. The van der Waals surface area contributed by atoms with Crippen LogP contribution in [0.3, 0.4) is 0 Å². The van der Waals surface area contributed by atoms with Crippen molar-refractivity contribution in [3.05, 3.63) is 35.9 Å². The van der Waals surface area contributed by atoms with Crippen molar-refractivity contribution in [1.29, 1.82) is 0 Å². The fourth-order valence-electron chi connectivity index (χ4n) is 2.55. The average Bonchev–Trinajstić information content (AvgIpc) is 2.52. The highest BCUT2D eigenvalue weighted by Crippen LogP contribution is 2.36. The minimum absolute atomic E-state index is 0.0985. The average molecular weight is 304 g/mol. The number of methoxy groups -OCH3 is 1. The van der Waals surface area contributed by atoms with Gasteiger partial charge in [0.15, 0.2) is 0 Å². The molecule has 3 nitrogen and oxygen atoms in total. The van der Waals surface area contributed by atoms with Crippen LogP contribution in [0.4, 0.5) is 5.69 Å². The molecule has 0 heterocycles. The molecular weight excluding hydrogens is 272 g/mol. The number of hydrogen-bond acceptors (Lipinski definition) is 3. The third-order valence-corrected chi connectivity index (χ3v) is 4.21. The molecule has 0 amide bonds. The Morgan fingerprint density at radius 3 is 2.64 bits per heavy atom. The highest BCUT2D eigenvalue weighted by Gasteiger charge is 2.24. The minimum Gasteiger partial charge on any atom is -0.497 e.